The molecule has 30 heavy (non-hydrogen) atoms. The summed E-state index contributed by atoms with van der Waals surface area (Å²) in [6, 6.07) is 11.6. The molecule has 1 aromatic carbocycles. The summed E-state index contributed by atoms with van der Waals surface area (Å²) in [4.78, 5) is 25.6. The van der Waals surface area contributed by atoms with E-state index in [2.05, 4.69) is 26.0 Å². The van der Waals surface area contributed by atoms with E-state index in [4.69, 9.17) is 14.9 Å². The minimum Gasteiger partial charge on any atom is -0.490 e. The van der Waals surface area contributed by atoms with Gasteiger partial charge in [0.2, 0.25) is 0 Å². The molecule has 0 saturated carbocycles. The van der Waals surface area contributed by atoms with Gasteiger partial charge in [-0.3, -0.25) is 9.97 Å². The highest BCUT2D eigenvalue weighted by molar-refractivity contribution is 5.83. The van der Waals surface area contributed by atoms with Crippen LogP contribution in [0.5, 0.6) is 5.75 Å². The minimum atomic E-state index is -0.533. The van der Waals surface area contributed by atoms with Gasteiger partial charge >= 0.3 is 5.76 Å². The van der Waals surface area contributed by atoms with E-state index in [0.29, 0.717) is 30.0 Å². The highest BCUT2D eigenvalue weighted by Crippen LogP contribution is 2.24. The molecule has 0 unspecified atom stereocenters. The van der Waals surface area contributed by atoms with E-state index in [1.807, 2.05) is 30.5 Å². The molecule has 0 amide bonds. The van der Waals surface area contributed by atoms with Crippen molar-refractivity contribution in [3.63, 3.8) is 0 Å². The molecule has 4 aromatic heterocycles. The summed E-state index contributed by atoms with van der Waals surface area (Å²) in [6.45, 7) is 0.356. The van der Waals surface area contributed by atoms with Crippen molar-refractivity contribution in [2.75, 3.05) is 6.61 Å². The van der Waals surface area contributed by atoms with Crippen molar-refractivity contribution >= 4 is 22.1 Å². The van der Waals surface area contributed by atoms with Gasteiger partial charge in [0.1, 0.15) is 12.4 Å². The van der Waals surface area contributed by atoms with Crippen LogP contribution in [0.4, 0.5) is 0 Å². The Bertz CT molecular complexity index is 1380. The molecule has 0 radical (unpaired) electrons. The number of nitrogens with one attached hydrogen (secondary N) is 2. The van der Waals surface area contributed by atoms with Crippen LogP contribution in [0, 0.1) is 0 Å². The van der Waals surface area contributed by atoms with E-state index in [1.54, 1.807) is 24.7 Å². The van der Waals surface area contributed by atoms with Crippen LogP contribution in [0.15, 0.2) is 70.4 Å². The van der Waals surface area contributed by atoms with Crippen molar-refractivity contribution < 1.29 is 9.15 Å². The lowest BCUT2D eigenvalue weighted by atomic mass is 10.1. The largest absolute Gasteiger partial charge is 0.490 e. The average Bonchev–Trinajstić information content (AvgIpc) is 3.34. The maximum Gasteiger partial charge on any atom is 0.418 e. The first-order valence-electron chi connectivity index (χ1n) is 9.53. The molecule has 0 fully saturated rings. The third-order valence-corrected chi connectivity index (χ3v) is 4.94. The number of aromatic nitrogens is 4. The van der Waals surface area contributed by atoms with Crippen molar-refractivity contribution in [3.8, 4) is 16.9 Å². The fourth-order valence-electron chi connectivity index (χ4n) is 3.50. The zero-order valence-corrected chi connectivity index (χ0v) is 16.0. The number of H-pyrrole nitrogens is 2. The Morgan fingerprint density at radius 1 is 1.13 bits per heavy atom. The maximum absolute atomic E-state index is 11.3. The second-order valence-corrected chi connectivity index (χ2v) is 7.13. The smallest absolute Gasteiger partial charge is 0.418 e. The Labute approximate surface area is 170 Å². The first-order chi connectivity index (χ1) is 14.7. The molecule has 0 bridgehead atoms. The predicted octanol–water partition coefficient (Wildman–Crippen LogP) is 3.01. The van der Waals surface area contributed by atoms with Gasteiger partial charge in [0.25, 0.3) is 0 Å². The summed E-state index contributed by atoms with van der Waals surface area (Å²) in [5, 5.41) is 1.18. The number of fused-ring (bicyclic) bond motifs is 2. The van der Waals surface area contributed by atoms with Gasteiger partial charge in [-0.15, -0.1) is 0 Å². The number of aromatic amines is 2. The Balaban J connectivity index is 1.28. The number of ether oxygens (including phenoxy) is 1. The lowest BCUT2D eigenvalue weighted by Gasteiger charge is -2.13. The number of rotatable bonds is 6. The SMILES string of the molecule is N[C@H](COc1cncc(-c2cnc3[nH]c(=O)oc3c2)c1)Cc1c[nH]c2ccccc12. The first kappa shape index (κ1) is 18.1. The standard InChI is InChI=1S/C22H19N5O3/c23-16(5-15-10-25-19-4-2-1-3-18(15)19)12-29-17-6-13(8-24-11-17)14-7-20-21(26-9-14)27-22(28)30-20/h1-4,6-11,16,25H,5,12,23H2,(H,26,27,28)/t16-/m0/s1. The molecule has 0 spiro atoms. The number of benzene rings is 1. The number of pyridine rings is 2. The van der Waals surface area contributed by atoms with Gasteiger partial charge in [-0.05, 0) is 30.2 Å². The Morgan fingerprint density at radius 2 is 2.00 bits per heavy atom. The molecule has 5 aromatic rings. The maximum atomic E-state index is 11.3. The average molecular weight is 401 g/mol. The summed E-state index contributed by atoms with van der Waals surface area (Å²) >= 11 is 0. The predicted molar refractivity (Wildman–Crippen MR) is 113 cm³/mol. The Kier molecular flexibility index (Phi) is 4.53. The van der Waals surface area contributed by atoms with Crippen molar-refractivity contribution in [2.45, 2.75) is 12.5 Å². The number of para-hydroxylation sites is 1. The lowest BCUT2D eigenvalue weighted by Crippen LogP contribution is -2.30. The van der Waals surface area contributed by atoms with Gasteiger partial charge in [-0.1, -0.05) is 18.2 Å². The summed E-state index contributed by atoms with van der Waals surface area (Å²) < 4.78 is 11.0. The molecule has 4 N–H and O–H groups in total. The van der Waals surface area contributed by atoms with Gasteiger partial charge in [-0.2, -0.15) is 0 Å². The van der Waals surface area contributed by atoms with Gasteiger partial charge in [0, 0.05) is 46.7 Å². The van der Waals surface area contributed by atoms with Gasteiger partial charge in [0.15, 0.2) is 11.2 Å². The normalized spacial score (nSPS) is 12.4. The monoisotopic (exact) mass is 401 g/mol. The van der Waals surface area contributed by atoms with Crippen LogP contribution in [-0.4, -0.2) is 32.6 Å². The number of nitrogens with two attached hydrogens (primary N) is 1. The highest BCUT2D eigenvalue weighted by atomic mass is 16.5. The van der Waals surface area contributed by atoms with E-state index in [-0.39, 0.29) is 6.04 Å². The molecular formula is C22H19N5O3. The number of oxazole rings is 1. The van der Waals surface area contributed by atoms with Crippen LogP contribution < -0.4 is 16.2 Å². The molecule has 8 heteroatoms. The molecule has 4 heterocycles. The van der Waals surface area contributed by atoms with Crippen molar-refractivity contribution in [3.05, 3.63) is 77.3 Å². The quantitative estimate of drug-likeness (QED) is 0.402. The van der Waals surface area contributed by atoms with Crippen LogP contribution in [0.3, 0.4) is 0 Å². The molecule has 0 saturated heterocycles. The van der Waals surface area contributed by atoms with Gasteiger partial charge in [-0.25, -0.2) is 9.78 Å². The zero-order chi connectivity index (χ0) is 20.5. The van der Waals surface area contributed by atoms with E-state index in [0.717, 1.165) is 16.6 Å². The summed E-state index contributed by atoms with van der Waals surface area (Å²) in [7, 11) is 0. The van der Waals surface area contributed by atoms with Crippen molar-refractivity contribution in [1.29, 1.82) is 0 Å². The zero-order valence-electron chi connectivity index (χ0n) is 16.0. The van der Waals surface area contributed by atoms with Crippen LogP contribution in [0.1, 0.15) is 5.56 Å². The van der Waals surface area contributed by atoms with Crippen LogP contribution in [0.2, 0.25) is 0 Å². The Morgan fingerprint density at radius 3 is 2.93 bits per heavy atom. The third-order valence-electron chi connectivity index (χ3n) is 4.94. The molecular weight excluding hydrogens is 382 g/mol. The fourth-order valence-corrected chi connectivity index (χ4v) is 3.50. The van der Waals surface area contributed by atoms with Gasteiger partial charge in [0.05, 0.1) is 6.20 Å². The second-order valence-electron chi connectivity index (χ2n) is 7.13. The lowest BCUT2D eigenvalue weighted by molar-refractivity contribution is 0.287. The summed E-state index contributed by atoms with van der Waals surface area (Å²) in [6.07, 6.45) is 7.69. The third kappa shape index (κ3) is 3.56. The molecule has 0 aliphatic carbocycles. The minimum absolute atomic E-state index is 0.167. The van der Waals surface area contributed by atoms with Crippen LogP contribution in [0.25, 0.3) is 33.3 Å². The highest BCUT2D eigenvalue weighted by Gasteiger charge is 2.11. The van der Waals surface area contributed by atoms with E-state index < -0.39 is 5.76 Å². The van der Waals surface area contributed by atoms with Crippen molar-refractivity contribution in [1.82, 2.24) is 19.9 Å². The molecule has 0 aliphatic heterocycles. The Hall–Kier alpha value is -3.91. The van der Waals surface area contributed by atoms with Gasteiger partial charge < -0.3 is 19.9 Å². The summed E-state index contributed by atoms with van der Waals surface area (Å²) in [5.74, 6) is 0.0755. The molecule has 150 valence electrons. The van der Waals surface area contributed by atoms with Crippen LogP contribution in [-0.2, 0) is 6.42 Å². The topological polar surface area (TPSA) is 123 Å². The van der Waals surface area contributed by atoms with Crippen LogP contribution >= 0.6 is 0 Å². The van der Waals surface area contributed by atoms with Crippen molar-refractivity contribution in [2.24, 2.45) is 5.73 Å². The number of hydrogen-bond donors (Lipinski definition) is 3. The fraction of sp³-hybridized carbons (Fsp3) is 0.136. The van der Waals surface area contributed by atoms with E-state index >= 15 is 0 Å². The number of hydrogen-bond acceptors (Lipinski definition) is 6. The molecule has 8 nitrogen and oxygen atoms in total. The molecule has 0 aliphatic rings. The van der Waals surface area contributed by atoms with E-state index in [1.165, 1.54) is 10.9 Å². The number of nitrogens with zero attached hydrogens (tertiary/aromatic N) is 2. The molecule has 5 rings (SSSR count). The van der Waals surface area contributed by atoms with E-state index in [9.17, 15) is 4.79 Å². The summed E-state index contributed by atoms with van der Waals surface area (Å²) in [5.41, 5.74) is 10.9. The molecule has 1 atom stereocenters. The first-order valence-corrected chi connectivity index (χ1v) is 9.53. The second kappa shape index (κ2) is 7.49.